The summed E-state index contributed by atoms with van der Waals surface area (Å²) in [6, 6.07) is 7.47. The molecule has 1 unspecified atom stereocenters. The van der Waals surface area contributed by atoms with Gasteiger partial charge in [0.15, 0.2) is 0 Å². The predicted molar refractivity (Wildman–Crippen MR) is 66.5 cm³/mol. The van der Waals surface area contributed by atoms with Crippen LogP contribution in [0.25, 0.3) is 0 Å². The summed E-state index contributed by atoms with van der Waals surface area (Å²) in [5.74, 6) is 0.589. The van der Waals surface area contributed by atoms with Gasteiger partial charge in [-0.15, -0.1) is 0 Å². The van der Waals surface area contributed by atoms with Gasteiger partial charge in [-0.05, 0) is 30.4 Å². The lowest BCUT2D eigenvalue weighted by molar-refractivity contribution is -0.121. The Morgan fingerprint density at radius 2 is 2.07 bits per heavy atom. The van der Waals surface area contributed by atoms with Crippen molar-refractivity contribution in [3.63, 3.8) is 0 Å². The van der Waals surface area contributed by atoms with Crippen molar-refractivity contribution in [2.24, 2.45) is 0 Å². The summed E-state index contributed by atoms with van der Waals surface area (Å²) in [6.45, 7) is 1.94. The van der Waals surface area contributed by atoms with E-state index in [2.05, 4.69) is 17.9 Å². The second kappa shape index (κ2) is 6.03. The van der Waals surface area contributed by atoms with E-state index in [-0.39, 0.29) is 11.9 Å². The molecule has 1 amide bonds. The minimum Gasteiger partial charge on any atom is -0.350 e. The van der Waals surface area contributed by atoms with E-state index in [1.807, 2.05) is 31.2 Å². The minimum absolute atomic E-state index is 0.00894. The third-order valence-electron chi connectivity index (χ3n) is 2.09. The number of halogens is 1. The van der Waals surface area contributed by atoms with Crippen molar-refractivity contribution in [2.45, 2.75) is 19.4 Å². The fourth-order valence-corrected chi connectivity index (χ4v) is 1.58. The molecule has 82 valence electrons. The molecule has 0 aromatic heterocycles. The molecule has 2 nitrogen and oxygen atoms in total. The average molecular weight is 244 g/mol. The maximum Gasteiger partial charge on any atom is 0.221 e. The van der Waals surface area contributed by atoms with Gasteiger partial charge in [0.25, 0.3) is 0 Å². The van der Waals surface area contributed by atoms with Gasteiger partial charge in [-0.1, -0.05) is 23.7 Å². The van der Waals surface area contributed by atoms with Gasteiger partial charge in [-0.25, -0.2) is 0 Å². The topological polar surface area (TPSA) is 29.1 Å². The molecule has 1 atom stereocenters. The fraction of sp³-hybridized carbons (Fsp3) is 0.364. The molecule has 15 heavy (non-hydrogen) atoms. The number of nitrogens with one attached hydrogen (secondary N) is 1. The zero-order valence-electron chi connectivity index (χ0n) is 8.53. The Hall–Kier alpha value is -0.670. The van der Waals surface area contributed by atoms with Crippen LogP contribution in [0.1, 0.15) is 24.9 Å². The van der Waals surface area contributed by atoms with Gasteiger partial charge in [0.1, 0.15) is 0 Å². The molecule has 0 spiro atoms. The smallest absolute Gasteiger partial charge is 0.221 e. The van der Waals surface area contributed by atoms with E-state index in [0.717, 1.165) is 5.56 Å². The van der Waals surface area contributed by atoms with Crippen molar-refractivity contribution in [1.29, 1.82) is 0 Å². The number of carbonyl (C=O) groups is 1. The summed E-state index contributed by atoms with van der Waals surface area (Å²) in [7, 11) is 0. The molecule has 0 aliphatic heterocycles. The SMILES string of the molecule is CC(NC(=O)CCS)c1ccc(Cl)cc1. The molecular weight excluding hydrogens is 230 g/mol. The average Bonchev–Trinajstić information content (AvgIpc) is 2.18. The number of amides is 1. The molecule has 0 aliphatic rings. The Balaban J connectivity index is 2.57. The van der Waals surface area contributed by atoms with Gasteiger partial charge < -0.3 is 5.32 Å². The van der Waals surface area contributed by atoms with E-state index < -0.39 is 0 Å². The summed E-state index contributed by atoms with van der Waals surface area (Å²) in [5, 5.41) is 3.59. The maximum absolute atomic E-state index is 11.3. The van der Waals surface area contributed by atoms with E-state index in [0.29, 0.717) is 17.2 Å². The van der Waals surface area contributed by atoms with Crippen LogP contribution < -0.4 is 5.32 Å². The highest BCUT2D eigenvalue weighted by molar-refractivity contribution is 7.80. The summed E-state index contributed by atoms with van der Waals surface area (Å²) in [6.07, 6.45) is 0.445. The van der Waals surface area contributed by atoms with Crippen LogP contribution in [0.3, 0.4) is 0 Å². The van der Waals surface area contributed by atoms with Gasteiger partial charge in [-0.3, -0.25) is 4.79 Å². The molecule has 0 aliphatic carbocycles. The number of rotatable bonds is 4. The highest BCUT2D eigenvalue weighted by atomic mass is 35.5. The van der Waals surface area contributed by atoms with Gasteiger partial charge in [0.2, 0.25) is 5.91 Å². The number of hydrogen-bond donors (Lipinski definition) is 2. The fourth-order valence-electron chi connectivity index (χ4n) is 1.25. The predicted octanol–water partition coefficient (Wildman–Crippen LogP) is 2.84. The number of hydrogen-bond acceptors (Lipinski definition) is 2. The first-order chi connectivity index (χ1) is 7.13. The molecule has 0 fully saturated rings. The molecule has 0 heterocycles. The lowest BCUT2D eigenvalue weighted by atomic mass is 10.1. The third kappa shape index (κ3) is 4.14. The largest absolute Gasteiger partial charge is 0.350 e. The standard InChI is InChI=1S/C11H14ClNOS/c1-8(13-11(14)6-7-15)9-2-4-10(12)5-3-9/h2-5,8,15H,6-7H2,1H3,(H,13,14). The number of thiol groups is 1. The van der Waals surface area contributed by atoms with E-state index in [1.165, 1.54) is 0 Å². The first kappa shape index (κ1) is 12.4. The van der Waals surface area contributed by atoms with Crippen molar-refractivity contribution in [2.75, 3.05) is 5.75 Å². The molecule has 1 aromatic rings. The van der Waals surface area contributed by atoms with Crippen LogP contribution in [0.4, 0.5) is 0 Å². The zero-order valence-corrected chi connectivity index (χ0v) is 10.2. The summed E-state index contributed by atoms with van der Waals surface area (Å²) in [4.78, 5) is 11.3. The van der Waals surface area contributed by atoms with E-state index in [9.17, 15) is 4.79 Å². The van der Waals surface area contributed by atoms with Crippen LogP contribution in [0.2, 0.25) is 5.02 Å². The maximum atomic E-state index is 11.3. The Morgan fingerprint density at radius 1 is 1.47 bits per heavy atom. The molecule has 1 aromatic carbocycles. The number of benzene rings is 1. The van der Waals surface area contributed by atoms with Crippen LogP contribution >= 0.6 is 24.2 Å². The second-order valence-corrected chi connectivity index (χ2v) is 4.20. The molecule has 1 rings (SSSR count). The van der Waals surface area contributed by atoms with Crippen LogP contribution in [0, 0.1) is 0 Å². The zero-order chi connectivity index (χ0) is 11.3. The van der Waals surface area contributed by atoms with Gasteiger partial charge in [0.05, 0.1) is 6.04 Å². The molecular formula is C11H14ClNOS. The Morgan fingerprint density at radius 3 is 2.60 bits per heavy atom. The first-order valence-corrected chi connectivity index (χ1v) is 5.80. The van der Waals surface area contributed by atoms with Gasteiger partial charge in [0, 0.05) is 11.4 Å². The molecule has 0 saturated heterocycles. The van der Waals surface area contributed by atoms with Crippen LogP contribution in [0.5, 0.6) is 0 Å². The number of carbonyl (C=O) groups excluding carboxylic acids is 1. The van der Waals surface area contributed by atoms with Crippen molar-refractivity contribution < 1.29 is 4.79 Å². The lowest BCUT2D eigenvalue weighted by Crippen LogP contribution is -2.26. The van der Waals surface area contributed by atoms with E-state index in [4.69, 9.17) is 11.6 Å². The van der Waals surface area contributed by atoms with Crippen LogP contribution in [-0.2, 0) is 4.79 Å². The Bertz CT molecular complexity index is 326. The monoisotopic (exact) mass is 243 g/mol. The highest BCUT2D eigenvalue weighted by Gasteiger charge is 2.08. The first-order valence-electron chi connectivity index (χ1n) is 4.79. The van der Waals surface area contributed by atoms with Crippen LogP contribution in [0.15, 0.2) is 24.3 Å². The van der Waals surface area contributed by atoms with Gasteiger partial charge >= 0.3 is 0 Å². The molecule has 0 radical (unpaired) electrons. The van der Waals surface area contributed by atoms with Crippen molar-refractivity contribution in [3.8, 4) is 0 Å². The molecule has 1 N–H and O–H groups in total. The normalized spacial score (nSPS) is 12.2. The summed E-state index contributed by atoms with van der Waals surface area (Å²) >= 11 is 9.78. The minimum atomic E-state index is 0.00894. The molecule has 0 bridgehead atoms. The highest BCUT2D eigenvalue weighted by Crippen LogP contribution is 2.15. The van der Waals surface area contributed by atoms with Crippen molar-refractivity contribution >= 4 is 30.1 Å². The Kier molecular flexibility index (Phi) is 4.99. The third-order valence-corrected chi connectivity index (χ3v) is 2.56. The van der Waals surface area contributed by atoms with Crippen LogP contribution in [-0.4, -0.2) is 11.7 Å². The molecule has 0 saturated carbocycles. The molecule has 4 heteroatoms. The summed E-state index contributed by atoms with van der Waals surface area (Å²) in [5.41, 5.74) is 1.05. The Labute approximate surface area is 100 Å². The van der Waals surface area contributed by atoms with Crippen molar-refractivity contribution in [1.82, 2.24) is 5.32 Å². The quantitative estimate of drug-likeness (QED) is 0.783. The summed E-state index contributed by atoms with van der Waals surface area (Å²) < 4.78 is 0. The van der Waals surface area contributed by atoms with E-state index in [1.54, 1.807) is 0 Å². The van der Waals surface area contributed by atoms with Crippen molar-refractivity contribution in [3.05, 3.63) is 34.9 Å². The van der Waals surface area contributed by atoms with Gasteiger partial charge in [-0.2, -0.15) is 12.6 Å². The second-order valence-electron chi connectivity index (χ2n) is 3.31. The van der Waals surface area contributed by atoms with E-state index >= 15 is 0 Å². The lowest BCUT2D eigenvalue weighted by Gasteiger charge is -2.13.